The van der Waals surface area contributed by atoms with Crippen molar-refractivity contribution in [2.75, 3.05) is 0 Å². The Morgan fingerprint density at radius 1 is 1.00 bits per heavy atom. The fourth-order valence-corrected chi connectivity index (χ4v) is 2.71. The number of nitrogens with zero attached hydrogens (tertiary/aromatic N) is 2. The summed E-state index contributed by atoms with van der Waals surface area (Å²) in [5.41, 5.74) is 1.22. The molecule has 0 N–H and O–H groups in total. The molecule has 1 aromatic heterocycles. The van der Waals surface area contributed by atoms with Crippen molar-refractivity contribution in [3.05, 3.63) is 84.6 Å². The molecule has 3 rings (SSSR count). The molecule has 0 bridgehead atoms. The van der Waals surface area contributed by atoms with Crippen LogP contribution in [0.25, 0.3) is 10.9 Å². The van der Waals surface area contributed by atoms with Gasteiger partial charge < -0.3 is 4.57 Å². The summed E-state index contributed by atoms with van der Waals surface area (Å²) in [4.78, 5) is 22.6. The van der Waals surface area contributed by atoms with Crippen LogP contribution in [0, 0.1) is 10.1 Å². The molecule has 0 radical (unpaired) electrons. The summed E-state index contributed by atoms with van der Waals surface area (Å²) >= 11 is 11.9. The van der Waals surface area contributed by atoms with E-state index in [-0.39, 0.29) is 11.2 Å². The van der Waals surface area contributed by atoms with Crippen LogP contribution >= 0.6 is 23.2 Å². The van der Waals surface area contributed by atoms with Gasteiger partial charge in [0.1, 0.15) is 0 Å². The maximum atomic E-state index is 12.2. The van der Waals surface area contributed by atoms with Gasteiger partial charge in [0.15, 0.2) is 0 Å². The number of hydrogen-bond donors (Lipinski definition) is 0. The molecule has 0 spiro atoms. The zero-order chi connectivity index (χ0) is 16.6. The molecular weight excluding hydrogens is 339 g/mol. The molecule has 0 fully saturated rings. The van der Waals surface area contributed by atoms with Gasteiger partial charge in [-0.1, -0.05) is 29.3 Å². The number of halogens is 2. The van der Waals surface area contributed by atoms with E-state index in [9.17, 15) is 14.9 Å². The van der Waals surface area contributed by atoms with Crippen LogP contribution in [-0.2, 0) is 6.54 Å². The lowest BCUT2D eigenvalue weighted by atomic mass is 10.1. The van der Waals surface area contributed by atoms with Gasteiger partial charge in [0.2, 0.25) is 0 Å². The van der Waals surface area contributed by atoms with Gasteiger partial charge in [-0.25, -0.2) is 0 Å². The number of non-ortho nitro benzene ring substituents is 1. The largest absolute Gasteiger partial charge is 0.304 e. The van der Waals surface area contributed by atoms with Crippen molar-refractivity contribution in [3.63, 3.8) is 0 Å². The fourth-order valence-electron chi connectivity index (χ4n) is 2.39. The molecule has 0 amide bonds. The Morgan fingerprint density at radius 2 is 1.78 bits per heavy atom. The van der Waals surface area contributed by atoms with Crippen molar-refractivity contribution in [2.45, 2.75) is 6.54 Å². The molecule has 7 heteroatoms. The normalized spacial score (nSPS) is 10.9. The molecular formula is C16H10Cl2N2O3. The fraction of sp³-hybridized carbons (Fsp3) is 0.0625. The lowest BCUT2D eigenvalue weighted by molar-refractivity contribution is -0.384. The van der Waals surface area contributed by atoms with Gasteiger partial charge in [-0.2, -0.15) is 0 Å². The number of nitro benzene ring substituents is 1. The van der Waals surface area contributed by atoms with Gasteiger partial charge in [-0.15, -0.1) is 0 Å². The van der Waals surface area contributed by atoms with E-state index < -0.39 is 4.92 Å². The van der Waals surface area contributed by atoms with E-state index in [4.69, 9.17) is 23.2 Å². The number of nitro groups is 1. The Kier molecular flexibility index (Phi) is 4.07. The average molecular weight is 349 g/mol. The van der Waals surface area contributed by atoms with E-state index >= 15 is 0 Å². The SMILES string of the molecule is O=c1ccc2cc([N+](=O)[O-])ccc2n1Cc1ccc(Cl)c(Cl)c1. The highest BCUT2D eigenvalue weighted by Crippen LogP contribution is 2.24. The van der Waals surface area contributed by atoms with Gasteiger partial charge in [-0.05, 0) is 29.8 Å². The summed E-state index contributed by atoms with van der Waals surface area (Å²) in [7, 11) is 0. The lowest BCUT2D eigenvalue weighted by Gasteiger charge is -2.10. The van der Waals surface area contributed by atoms with Crippen molar-refractivity contribution < 1.29 is 4.92 Å². The second kappa shape index (κ2) is 6.02. The van der Waals surface area contributed by atoms with Crippen LogP contribution in [0.1, 0.15) is 5.56 Å². The second-order valence-electron chi connectivity index (χ2n) is 5.01. The first kappa shape index (κ1) is 15.5. The van der Waals surface area contributed by atoms with Gasteiger partial charge in [0, 0.05) is 23.6 Å². The summed E-state index contributed by atoms with van der Waals surface area (Å²) in [6.45, 7) is 0.297. The number of rotatable bonds is 3. The van der Waals surface area contributed by atoms with Crippen LogP contribution < -0.4 is 5.56 Å². The molecule has 0 atom stereocenters. The van der Waals surface area contributed by atoms with Crippen LogP contribution in [-0.4, -0.2) is 9.49 Å². The van der Waals surface area contributed by atoms with E-state index in [1.807, 2.05) is 0 Å². The number of pyridine rings is 1. The van der Waals surface area contributed by atoms with Crippen molar-refractivity contribution >= 4 is 39.8 Å². The molecule has 0 aliphatic heterocycles. The van der Waals surface area contributed by atoms with E-state index in [0.29, 0.717) is 27.5 Å². The monoisotopic (exact) mass is 348 g/mol. The Balaban J connectivity index is 2.12. The molecule has 0 aliphatic carbocycles. The standard InChI is InChI=1S/C16H10Cl2N2O3/c17-13-4-1-10(7-14(13)18)9-19-15-5-3-12(20(22)23)8-11(15)2-6-16(19)21/h1-8H,9H2. The number of hydrogen-bond acceptors (Lipinski definition) is 3. The molecule has 0 saturated heterocycles. The van der Waals surface area contributed by atoms with Gasteiger partial charge >= 0.3 is 0 Å². The summed E-state index contributed by atoms with van der Waals surface area (Å²) in [6, 6.07) is 12.5. The number of aromatic nitrogens is 1. The minimum atomic E-state index is -0.464. The Morgan fingerprint density at radius 3 is 2.48 bits per heavy atom. The Labute approximate surface area is 140 Å². The zero-order valence-corrected chi connectivity index (χ0v) is 13.2. The first-order valence-electron chi connectivity index (χ1n) is 6.67. The maximum absolute atomic E-state index is 12.2. The zero-order valence-electron chi connectivity index (χ0n) is 11.7. The third kappa shape index (κ3) is 3.06. The predicted molar refractivity (Wildman–Crippen MR) is 90.4 cm³/mol. The van der Waals surface area contributed by atoms with E-state index in [1.54, 1.807) is 34.9 Å². The van der Waals surface area contributed by atoms with Crippen LogP contribution in [0.3, 0.4) is 0 Å². The van der Waals surface area contributed by atoms with E-state index in [2.05, 4.69) is 0 Å². The predicted octanol–water partition coefficient (Wildman–Crippen LogP) is 4.26. The molecule has 23 heavy (non-hydrogen) atoms. The first-order chi connectivity index (χ1) is 11.0. The molecule has 0 unspecified atom stereocenters. The highest BCUT2D eigenvalue weighted by molar-refractivity contribution is 6.42. The Bertz CT molecular complexity index is 983. The molecule has 5 nitrogen and oxygen atoms in total. The Hall–Kier alpha value is -2.37. The summed E-state index contributed by atoms with van der Waals surface area (Å²) < 4.78 is 1.54. The van der Waals surface area contributed by atoms with E-state index in [1.165, 1.54) is 18.2 Å². The molecule has 0 aliphatic rings. The van der Waals surface area contributed by atoms with Gasteiger partial charge in [0.25, 0.3) is 11.2 Å². The highest BCUT2D eigenvalue weighted by atomic mass is 35.5. The van der Waals surface area contributed by atoms with Crippen molar-refractivity contribution in [2.24, 2.45) is 0 Å². The minimum absolute atomic E-state index is 0.0164. The quantitative estimate of drug-likeness (QED) is 0.524. The summed E-state index contributed by atoms with van der Waals surface area (Å²) in [5, 5.41) is 12.3. The summed E-state index contributed by atoms with van der Waals surface area (Å²) in [6.07, 6.45) is 0. The molecule has 0 saturated carbocycles. The minimum Gasteiger partial charge on any atom is -0.304 e. The van der Waals surface area contributed by atoms with Crippen LogP contribution in [0.15, 0.2) is 53.3 Å². The number of fused-ring (bicyclic) bond motifs is 1. The molecule has 2 aromatic carbocycles. The van der Waals surface area contributed by atoms with Crippen molar-refractivity contribution in [1.82, 2.24) is 4.57 Å². The average Bonchev–Trinajstić information content (AvgIpc) is 2.53. The third-order valence-electron chi connectivity index (χ3n) is 3.51. The third-order valence-corrected chi connectivity index (χ3v) is 4.25. The van der Waals surface area contributed by atoms with Crippen LogP contribution in [0.5, 0.6) is 0 Å². The first-order valence-corrected chi connectivity index (χ1v) is 7.43. The van der Waals surface area contributed by atoms with Crippen molar-refractivity contribution in [1.29, 1.82) is 0 Å². The topological polar surface area (TPSA) is 65.1 Å². The molecule has 116 valence electrons. The maximum Gasteiger partial charge on any atom is 0.270 e. The molecule has 1 heterocycles. The smallest absolute Gasteiger partial charge is 0.270 e. The highest BCUT2D eigenvalue weighted by Gasteiger charge is 2.10. The van der Waals surface area contributed by atoms with E-state index in [0.717, 1.165) is 5.56 Å². The van der Waals surface area contributed by atoms with Crippen molar-refractivity contribution in [3.8, 4) is 0 Å². The molecule has 3 aromatic rings. The van der Waals surface area contributed by atoms with Crippen LogP contribution in [0.2, 0.25) is 10.0 Å². The van der Waals surface area contributed by atoms with Crippen LogP contribution in [0.4, 0.5) is 5.69 Å². The summed E-state index contributed by atoms with van der Waals surface area (Å²) in [5.74, 6) is 0. The van der Waals surface area contributed by atoms with Gasteiger partial charge in [0.05, 0.1) is 27.0 Å². The lowest BCUT2D eigenvalue weighted by Crippen LogP contribution is -2.19. The van der Waals surface area contributed by atoms with Gasteiger partial charge in [-0.3, -0.25) is 14.9 Å². The number of benzene rings is 2. The second-order valence-corrected chi connectivity index (χ2v) is 5.82.